The van der Waals surface area contributed by atoms with Crippen LogP contribution < -0.4 is 16.0 Å². The molecule has 10 nitrogen and oxygen atoms in total. The molecule has 216 valence electrons. The number of carbonyl (C=O) groups is 4. The van der Waals surface area contributed by atoms with Gasteiger partial charge in [0.2, 0.25) is 17.7 Å². The number of alkyl halides is 3. The van der Waals surface area contributed by atoms with E-state index in [0.29, 0.717) is 25.8 Å². The molecule has 2 aliphatic carbocycles. The van der Waals surface area contributed by atoms with Crippen molar-refractivity contribution >= 4 is 23.6 Å². The standard InChI is InChI=1S/C26H36F3N5O5/c1-13(39-16-7-4-8-16)19(33-24(38)26(27,28)29)23(37)34-12-17-18(25(17,2)3)20(34)22(36)32-15(11-30)10-14-6-5-9-31-21(14)35/h13-20H,4-10,12H2,1-3H3,(H,31,35)(H,32,36)(H,33,38)/t13-,14+,15+,17+,18+,19+,20+/m1/s1. The van der Waals surface area contributed by atoms with Gasteiger partial charge in [-0.3, -0.25) is 19.2 Å². The lowest BCUT2D eigenvalue weighted by molar-refractivity contribution is -0.177. The van der Waals surface area contributed by atoms with Gasteiger partial charge in [0.25, 0.3) is 0 Å². The summed E-state index contributed by atoms with van der Waals surface area (Å²) in [5.74, 6) is -4.63. The highest BCUT2D eigenvalue weighted by molar-refractivity contribution is 5.95. The first-order chi connectivity index (χ1) is 18.3. The van der Waals surface area contributed by atoms with Crippen molar-refractivity contribution in [1.29, 1.82) is 5.26 Å². The number of piperidine rings is 2. The molecule has 0 aromatic rings. The number of halogens is 3. The van der Waals surface area contributed by atoms with E-state index in [1.54, 1.807) is 5.32 Å². The van der Waals surface area contributed by atoms with Crippen molar-refractivity contribution in [2.45, 2.75) is 95.8 Å². The highest BCUT2D eigenvalue weighted by atomic mass is 19.4. The van der Waals surface area contributed by atoms with Gasteiger partial charge in [0.1, 0.15) is 18.1 Å². The molecule has 0 radical (unpaired) electrons. The van der Waals surface area contributed by atoms with E-state index in [2.05, 4.69) is 10.6 Å². The monoisotopic (exact) mass is 555 g/mol. The first kappa shape index (κ1) is 29.1. The van der Waals surface area contributed by atoms with Crippen LogP contribution >= 0.6 is 0 Å². The maximum Gasteiger partial charge on any atom is 0.471 e. The number of nitriles is 1. The lowest BCUT2D eigenvalue weighted by atomic mass is 9.91. The molecule has 2 aliphatic heterocycles. The largest absolute Gasteiger partial charge is 0.471 e. The molecule has 0 aromatic carbocycles. The van der Waals surface area contributed by atoms with E-state index in [0.717, 1.165) is 12.8 Å². The predicted octanol–water partition coefficient (Wildman–Crippen LogP) is 1.40. The third-order valence-electron chi connectivity index (χ3n) is 8.89. The molecular formula is C26H36F3N5O5. The Kier molecular flexibility index (Phi) is 8.17. The second-order valence-corrected chi connectivity index (χ2v) is 11.8. The summed E-state index contributed by atoms with van der Waals surface area (Å²) < 4.78 is 45.2. The van der Waals surface area contributed by atoms with Crippen LogP contribution in [0.25, 0.3) is 0 Å². The number of hydrogen-bond acceptors (Lipinski definition) is 6. The van der Waals surface area contributed by atoms with Crippen LogP contribution in [0.3, 0.4) is 0 Å². The maximum atomic E-state index is 13.7. The summed E-state index contributed by atoms with van der Waals surface area (Å²) in [5.41, 5.74) is -0.289. The second-order valence-electron chi connectivity index (χ2n) is 11.8. The Labute approximate surface area is 225 Å². The number of ether oxygens (including phenoxy) is 1. The molecular weight excluding hydrogens is 519 g/mol. The van der Waals surface area contributed by atoms with Gasteiger partial charge in [-0.05, 0) is 62.7 Å². The molecule has 39 heavy (non-hydrogen) atoms. The third kappa shape index (κ3) is 6.00. The number of carbonyl (C=O) groups excluding carboxylic acids is 4. The number of likely N-dealkylation sites (tertiary alicyclic amines) is 1. The number of hydrogen-bond donors (Lipinski definition) is 3. The molecule has 4 aliphatic rings. The van der Waals surface area contributed by atoms with E-state index in [-0.39, 0.29) is 42.2 Å². The van der Waals surface area contributed by atoms with Crippen LogP contribution in [0.4, 0.5) is 13.2 Å². The van der Waals surface area contributed by atoms with Crippen molar-refractivity contribution in [2.24, 2.45) is 23.2 Å². The summed E-state index contributed by atoms with van der Waals surface area (Å²) in [4.78, 5) is 52.5. The third-order valence-corrected chi connectivity index (χ3v) is 8.89. The Bertz CT molecular complexity index is 1040. The minimum absolute atomic E-state index is 0.0660. The van der Waals surface area contributed by atoms with E-state index in [9.17, 15) is 37.6 Å². The van der Waals surface area contributed by atoms with Crippen LogP contribution in [-0.2, 0) is 23.9 Å². The molecule has 13 heteroatoms. The molecule has 0 bridgehead atoms. The fourth-order valence-electron chi connectivity index (χ4n) is 6.23. The minimum atomic E-state index is -5.20. The van der Waals surface area contributed by atoms with Crippen molar-refractivity contribution in [3.8, 4) is 6.07 Å². The van der Waals surface area contributed by atoms with Crippen LogP contribution in [0.15, 0.2) is 0 Å². The topological polar surface area (TPSA) is 141 Å². The zero-order valence-electron chi connectivity index (χ0n) is 22.3. The molecule has 2 saturated carbocycles. The summed E-state index contributed by atoms with van der Waals surface area (Å²) in [7, 11) is 0. The SMILES string of the molecule is C[C@@H](OC1CCC1)[C@H](NC(=O)C(F)(F)F)C(=O)N1C[C@H]2[C@@H]([C@H]1C(=O)N[C@H](C#N)C[C@@H]1CCCNC1=O)C2(C)C. The molecule has 4 fully saturated rings. The molecule has 3 N–H and O–H groups in total. The highest BCUT2D eigenvalue weighted by Gasteiger charge is 2.69. The van der Waals surface area contributed by atoms with Crippen molar-refractivity contribution in [2.75, 3.05) is 13.1 Å². The van der Waals surface area contributed by atoms with Crippen molar-refractivity contribution in [1.82, 2.24) is 20.9 Å². The molecule has 4 rings (SSSR count). The highest BCUT2D eigenvalue weighted by Crippen LogP contribution is 2.65. The minimum Gasteiger partial charge on any atom is -0.373 e. The Morgan fingerprint density at radius 2 is 1.90 bits per heavy atom. The van der Waals surface area contributed by atoms with E-state index in [1.807, 2.05) is 19.9 Å². The molecule has 2 heterocycles. The van der Waals surface area contributed by atoms with Crippen molar-refractivity contribution < 1.29 is 37.1 Å². The van der Waals surface area contributed by atoms with Crippen LogP contribution in [-0.4, -0.2) is 78.1 Å². The summed E-state index contributed by atoms with van der Waals surface area (Å²) in [6.45, 7) is 6.03. The summed E-state index contributed by atoms with van der Waals surface area (Å²) >= 11 is 0. The van der Waals surface area contributed by atoms with Crippen LogP contribution in [0.1, 0.15) is 59.3 Å². The number of nitrogens with zero attached hydrogens (tertiary/aromatic N) is 2. The van der Waals surface area contributed by atoms with Gasteiger partial charge in [0.15, 0.2) is 0 Å². The summed E-state index contributed by atoms with van der Waals surface area (Å²) in [5, 5.41) is 16.9. The first-order valence-corrected chi connectivity index (χ1v) is 13.6. The van der Waals surface area contributed by atoms with Gasteiger partial charge in [-0.25, -0.2) is 0 Å². The smallest absolute Gasteiger partial charge is 0.373 e. The average Bonchev–Trinajstić information content (AvgIpc) is 3.16. The molecule has 7 atom stereocenters. The Morgan fingerprint density at radius 1 is 1.21 bits per heavy atom. The van der Waals surface area contributed by atoms with Crippen molar-refractivity contribution in [3.05, 3.63) is 0 Å². The zero-order valence-corrected chi connectivity index (χ0v) is 22.3. The fraction of sp³-hybridized carbons (Fsp3) is 0.808. The summed E-state index contributed by atoms with van der Waals surface area (Å²) in [6, 6.07) is -1.64. The Balaban J connectivity index is 1.52. The van der Waals surface area contributed by atoms with E-state index >= 15 is 0 Å². The zero-order chi connectivity index (χ0) is 28.7. The van der Waals surface area contributed by atoms with E-state index in [1.165, 1.54) is 11.8 Å². The number of nitrogens with one attached hydrogen (secondary N) is 3. The number of rotatable bonds is 9. The lowest BCUT2D eigenvalue weighted by Gasteiger charge is -2.37. The fourth-order valence-corrected chi connectivity index (χ4v) is 6.23. The van der Waals surface area contributed by atoms with Gasteiger partial charge in [-0.2, -0.15) is 18.4 Å². The van der Waals surface area contributed by atoms with Crippen LogP contribution in [0, 0.1) is 34.5 Å². The molecule has 0 unspecified atom stereocenters. The second kappa shape index (κ2) is 10.9. The lowest BCUT2D eigenvalue weighted by Crippen LogP contribution is -2.61. The average molecular weight is 556 g/mol. The van der Waals surface area contributed by atoms with E-state index < -0.39 is 54.0 Å². The van der Waals surface area contributed by atoms with Gasteiger partial charge >= 0.3 is 12.1 Å². The molecule has 2 saturated heterocycles. The maximum absolute atomic E-state index is 13.7. The van der Waals surface area contributed by atoms with Crippen LogP contribution in [0.2, 0.25) is 0 Å². The van der Waals surface area contributed by atoms with Crippen molar-refractivity contribution in [3.63, 3.8) is 0 Å². The summed E-state index contributed by atoms with van der Waals surface area (Å²) in [6.07, 6.45) is -2.69. The van der Waals surface area contributed by atoms with Gasteiger partial charge in [-0.15, -0.1) is 0 Å². The Hall–Kier alpha value is -2.88. The Morgan fingerprint density at radius 3 is 2.46 bits per heavy atom. The quantitative estimate of drug-likeness (QED) is 0.393. The first-order valence-electron chi connectivity index (χ1n) is 13.6. The van der Waals surface area contributed by atoms with Gasteiger partial charge in [0, 0.05) is 19.0 Å². The molecule has 0 aromatic heterocycles. The number of amides is 4. The van der Waals surface area contributed by atoms with Gasteiger partial charge in [0.05, 0.1) is 18.3 Å². The predicted molar refractivity (Wildman–Crippen MR) is 130 cm³/mol. The van der Waals surface area contributed by atoms with Crippen LogP contribution in [0.5, 0.6) is 0 Å². The van der Waals surface area contributed by atoms with E-state index in [4.69, 9.17) is 4.74 Å². The number of fused-ring (bicyclic) bond motifs is 1. The normalized spacial score (nSPS) is 30.1. The molecule has 0 spiro atoms. The molecule has 4 amide bonds. The van der Waals surface area contributed by atoms with Gasteiger partial charge in [-0.1, -0.05) is 13.8 Å². The van der Waals surface area contributed by atoms with Gasteiger partial charge < -0.3 is 25.6 Å².